The van der Waals surface area contributed by atoms with Crippen molar-refractivity contribution in [2.24, 2.45) is 0 Å². The van der Waals surface area contributed by atoms with Gasteiger partial charge in [-0.1, -0.05) is 35.5 Å². The summed E-state index contributed by atoms with van der Waals surface area (Å²) in [7, 11) is 0. The quantitative estimate of drug-likeness (QED) is 0.605. The Balaban J connectivity index is 1.55. The van der Waals surface area contributed by atoms with Gasteiger partial charge in [-0.05, 0) is 42.7 Å². The number of rotatable bonds is 6. The molecule has 1 aliphatic carbocycles. The third-order valence-electron chi connectivity index (χ3n) is 3.84. The molecule has 0 unspecified atom stereocenters. The van der Waals surface area contributed by atoms with Crippen LogP contribution in [0.1, 0.15) is 35.9 Å². The van der Waals surface area contributed by atoms with Gasteiger partial charge in [0, 0.05) is 16.7 Å². The molecule has 0 amide bonds. The molecule has 0 saturated heterocycles. The molecule has 0 bridgehead atoms. The standard InChI is InChI=1S/C17H16ClN3OS/c18-14-4-1-3-12(9-14)11-23-17-20-19-16(13-6-7-13)21(17)10-15-5-2-8-22-15/h1-5,8-9,13H,6-7,10-11H2. The minimum Gasteiger partial charge on any atom is -0.467 e. The van der Waals surface area contributed by atoms with E-state index in [-0.39, 0.29) is 0 Å². The van der Waals surface area contributed by atoms with Gasteiger partial charge >= 0.3 is 0 Å². The van der Waals surface area contributed by atoms with Gasteiger partial charge in [0.1, 0.15) is 11.6 Å². The van der Waals surface area contributed by atoms with Gasteiger partial charge in [-0.2, -0.15) is 0 Å². The highest BCUT2D eigenvalue weighted by Crippen LogP contribution is 2.40. The second-order valence-corrected chi connectivity index (χ2v) is 7.08. The first kappa shape index (κ1) is 14.8. The summed E-state index contributed by atoms with van der Waals surface area (Å²) in [5.74, 6) is 3.38. The molecule has 1 aromatic carbocycles. The summed E-state index contributed by atoms with van der Waals surface area (Å²) in [5, 5.41) is 10.5. The first-order valence-electron chi connectivity index (χ1n) is 7.62. The smallest absolute Gasteiger partial charge is 0.191 e. The fourth-order valence-electron chi connectivity index (χ4n) is 2.53. The van der Waals surface area contributed by atoms with Crippen molar-refractivity contribution in [1.82, 2.24) is 14.8 Å². The summed E-state index contributed by atoms with van der Waals surface area (Å²) in [5.41, 5.74) is 1.18. The van der Waals surface area contributed by atoms with Crippen LogP contribution in [0.2, 0.25) is 5.02 Å². The van der Waals surface area contributed by atoms with Crippen LogP contribution in [0, 0.1) is 0 Å². The number of aromatic nitrogens is 3. The van der Waals surface area contributed by atoms with Crippen LogP contribution in [0.5, 0.6) is 0 Å². The molecular formula is C17H16ClN3OS. The number of nitrogens with zero attached hydrogens (tertiary/aromatic N) is 3. The van der Waals surface area contributed by atoms with E-state index in [0.717, 1.165) is 27.5 Å². The second kappa shape index (κ2) is 6.42. The van der Waals surface area contributed by atoms with Crippen LogP contribution in [0.3, 0.4) is 0 Å². The van der Waals surface area contributed by atoms with E-state index in [9.17, 15) is 0 Å². The van der Waals surface area contributed by atoms with E-state index in [1.807, 2.05) is 30.3 Å². The molecule has 4 rings (SSSR count). The molecule has 118 valence electrons. The first-order valence-corrected chi connectivity index (χ1v) is 8.98. The molecule has 23 heavy (non-hydrogen) atoms. The molecule has 0 aliphatic heterocycles. The van der Waals surface area contributed by atoms with Crippen LogP contribution in [-0.2, 0) is 12.3 Å². The van der Waals surface area contributed by atoms with Crippen molar-refractivity contribution in [2.45, 2.75) is 36.2 Å². The molecule has 2 aromatic heterocycles. The molecule has 4 nitrogen and oxygen atoms in total. The van der Waals surface area contributed by atoms with E-state index >= 15 is 0 Å². The molecule has 0 atom stereocenters. The third-order valence-corrected chi connectivity index (χ3v) is 5.11. The molecular weight excluding hydrogens is 330 g/mol. The van der Waals surface area contributed by atoms with Crippen molar-refractivity contribution >= 4 is 23.4 Å². The van der Waals surface area contributed by atoms with Crippen molar-refractivity contribution in [3.05, 3.63) is 64.8 Å². The maximum Gasteiger partial charge on any atom is 0.191 e. The Kier molecular flexibility index (Phi) is 4.14. The number of hydrogen-bond acceptors (Lipinski definition) is 4. The van der Waals surface area contributed by atoms with E-state index in [2.05, 4.69) is 20.8 Å². The minimum absolute atomic E-state index is 0.554. The van der Waals surface area contributed by atoms with Crippen molar-refractivity contribution in [3.8, 4) is 0 Å². The number of hydrogen-bond donors (Lipinski definition) is 0. The summed E-state index contributed by atoms with van der Waals surface area (Å²) < 4.78 is 7.68. The first-order chi connectivity index (χ1) is 11.3. The Labute approximate surface area is 143 Å². The molecule has 1 aliphatic rings. The van der Waals surface area contributed by atoms with Gasteiger partial charge in [-0.15, -0.1) is 10.2 Å². The minimum atomic E-state index is 0.554. The third kappa shape index (κ3) is 3.46. The summed E-state index contributed by atoms with van der Waals surface area (Å²) in [4.78, 5) is 0. The molecule has 6 heteroatoms. The average Bonchev–Trinajstić information content (AvgIpc) is 3.11. The van der Waals surface area contributed by atoms with E-state index in [1.165, 1.54) is 18.4 Å². The van der Waals surface area contributed by atoms with Crippen molar-refractivity contribution in [1.29, 1.82) is 0 Å². The monoisotopic (exact) mass is 345 g/mol. The Morgan fingerprint density at radius 1 is 1.22 bits per heavy atom. The summed E-state index contributed by atoms with van der Waals surface area (Å²) in [6.45, 7) is 0.684. The lowest BCUT2D eigenvalue weighted by molar-refractivity contribution is 0.478. The average molecular weight is 346 g/mol. The molecule has 0 N–H and O–H groups in total. The summed E-state index contributed by atoms with van der Waals surface area (Å²) in [6, 6.07) is 11.8. The highest BCUT2D eigenvalue weighted by Gasteiger charge is 2.30. The fourth-order valence-corrected chi connectivity index (χ4v) is 3.63. The second-order valence-electron chi connectivity index (χ2n) is 5.70. The van der Waals surface area contributed by atoms with Gasteiger partial charge < -0.3 is 4.42 Å². The topological polar surface area (TPSA) is 43.9 Å². The summed E-state index contributed by atoms with van der Waals surface area (Å²) >= 11 is 7.74. The zero-order valence-corrected chi connectivity index (χ0v) is 14.1. The maximum absolute atomic E-state index is 6.05. The molecule has 0 spiro atoms. The van der Waals surface area contributed by atoms with Gasteiger partial charge in [0.25, 0.3) is 0 Å². The highest BCUT2D eigenvalue weighted by atomic mass is 35.5. The van der Waals surface area contributed by atoms with E-state index in [1.54, 1.807) is 18.0 Å². The largest absolute Gasteiger partial charge is 0.467 e. The van der Waals surface area contributed by atoms with E-state index < -0.39 is 0 Å². The van der Waals surface area contributed by atoms with Crippen LogP contribution in [0.4, 0.5) is 0 Å². The summed E-state index contributed by atoms with van der Waals surface area (Å²) in [6.07, 6.45) is 4.11. The van der Waals surface area contributed by atoms with Crippen molar-refractivity contribution in [2.75, 3.05) is 0 Å². The van der Waals surface area contributed by atoms with Gasteiger partial charge in [0.05, 0.1) is 12.8 Å². The zero-order valence-electron chi connectivity index (χ0n) is 12.5. The number of halogens is 1. The van der Waals surface area contributed by atoms with Crippen molar-refractivity contribution < 1.29 is 4.42 Å². The predicted octanol–water partition coefficient (Wildman–Crippen LogP) is 4.74. The van der Waals surface area contributed by atoms with Crippen LogP contribution in [0.25, 0.3) is 0 Å². The molecule has 3 aromatic rings. The Hall–Kier alpha value is -1.72. The molecule has 2 heterocycles. The Morgan fingerprint density at radius 2 is 2.13 bits per heavy atom. The maximum atomic E-state index is 6.05. The lowest BCUT2D eigenvalue weighted by atomic mass is 10.2. The zero-order chi connectivity index (χ0) is 15.6. The van der Waals surface area contributed by atoms with Crippen LogP contribution in [-0.4, -0.2) is 14.8 Å². The van der Waals surface area contributed by atoms with Gasteiger partial charge in [0.2, 0.25) is 0 Å². The lowest BCUT2D eigenvalue weighted by Gasteiger charge is -2.08. The number of benzene rings is 1. The number of thioether (sulfide) groups is 1. The van der Waals surface area contributed by atoms with Gasteiger partial charge in [-0.3, -0.25) is 4.57 Å². The van der Waals surface area contributed by atoms with E-state index in [4.69, 9.17) is 16.0 Å². The normalized spacial score (nSPS) is 14.3. The Morgan fingerprint density at radius 3 is 2.87 bits per heavy atom. The molecule has 1 fully saturated rings. The van der Waals surface area contributed by atoms with Crippen LogP contribution < -0.4 is 0 Å². The van der Waals surface area contributed by atoms with Crippen LogP contribution in [0.15, 0.2) is 52.2 Å². The van der Waals surface area contributed by atoms with E-state index in [0.29, 0.717) is 12.5 Å². The molecule has 0 radical (unpaired) electrons. The lowest BCUT2D eigenvalue weighted by Crippen LogP contribution is -2.05. The van der Waals surface area contributed by atoms with Gasteiger partial charge in [-0.25, -0.2) is 0 Å². The Bertz CT molecular complexity index is 796. The van der Waals surface area contributed by atoms with Crippen molar-refractivity contribution in [3.63, 3.8) is 0 Å². The number of furan rings is 1. The molecule has 1 saturated carbocycles. The highest BCUT2D eigenvalue weighted by molar-refractivity contribution is 7.98. The van der Waals surface area contributed by atoms with Gasteiger partial charge in [0.15, 0.2) is 5.16 Å². The predicted molar refractivity (Wildman–Crippen MR) is 90.8 cm³/mol. The SMILES string of the molecule is Clc1cccc(CSc2nnc(C3CC3)n2Cc2ccco2)c1. The van der Waals surface area contributed by atoms with Crippen LogP contribution >= 0.6 is 23.4 Å². The fraction of sp³-hybridized carbons (Fsp3) is 0.294.